The van der Waals surface area contributed by atoms with E-state index in [1.165, 1.54) is 0 Å². The molecule has 76 valence electrons. The maximum Gasteiger partial charge on any atom is 0.341 e. The predicted molar refractivity (Wildman–Crippen MR) is 48.2 cm³/mol. The second-order valence-electron chi connectivity index (χ2n) is 2.29. The van der Waals surface area contributed by atoms with Gasteiger partial charge in [-0.1, -0.05) is 6.92 Å². The van der Waals surface area contributed by atoms with Crippen molar-refractivity contribution in [3.8, 4) is 0 Å². The SMILES string of the molecule is CCOC(=O)C(CC)=C(O)OCC. The second kappa shape index (κ2) is 6.34. The van der Waals surface area contributed by atoms with Gasteiger partial charge < -0.3 is 14.6 Å². The molecule has 4 heteroatoms. The molecule has 0 aromatic carbocycles. The summed E-state index contributed by atoms with van der Waals surface area (Å²) in [6, 6.07) is 0. The van der Waals surface area contributed by atoms with Crippen molar-refractivity contribution in [1.29, 1.82) is 0 Å². The van der Waals surface area contributed by atoms with Gasteiger partial charge in [0, 0.05) is 0 Å². The molecule has 0 radical (unpaired) electrons. The minimum atomic E-state index is -0.518. The summed E-state index contributed by atoms with van der Waals surface area (Å²) in [5.74, 6) is -0.848. The number of esters is 1. The van der Waals surface area contributed by atoms with Gasteiger partial charge in [-0.05, 0) is 20.3 Å². The van der Waals surface area contributed by atoms with E-state index in [2.05, 4.69) is 0 Å². The van der Waals surface area contributed by atoms with Crippen molar-refractivity contribution in [3.63, 3.8) is 0 Å². The van der Waals surface area contributed by atoms with Gasteiger partial charge in [0.05, 0.1) is 13.2 Å². The van der Waals surface area contributed by atoms with Gasteiger partial charge >= 0.3 is 5.97 Å². The lowest BCUT2D eigenvalue weighted by Gasteiger charge is -2.07. The van der Waals surface area contributed by atoms with Crippen molar-refractivity contribution in [2.45, 2.75) is 27.2 Å². The highest BCUT2D eigenvalue weighted by Gasteiger charge is 2.15. The molecule has 0 bridgehead atoms. The molecule has 0 spiro atoms. The van der Waals surface area contributed by atoms with E-state index >= 15 is 0 Å². The Hall–Kier alpha value is -1.19. The van der Waals surface area contributed by atoms with E-state index in [-0.39, 0.29) is 11.5 Å². The molecule has 0 heterocycles. The topological polar surface area (TPSA) is 55.8 Å². The number of aliphatic hydroxyl groups is 1. The molecule has 0 amide bonds. The minimum Gasteiger partial charge on any atom is -0.481 e. The lowest BCUT2D eigenvalue weighted by molar-refractivity contribution is -0.139. The Labute approximate surface area is 78.2 Å². The molecule has 0 fully saturated rings. The fourth-order valence-corrected chi connectivity index (χ4v) is 0.825. The summed E-state index contributed by atoms with van der Waals surface area (Å²) >= 11 is 0. The van der Waals surface area contributed by atoms with Gasteiger partial charge in [-0.15, -0.1) is 0 Å². The molecule has 0 saturated heterocycles. The predicted octanol–water partition coefficient (Wildman–Crippen LogP) is 1.77. The third-order valence-corrected chi connectivity index (χ3v) is 1.41. The van der Waals surface area contributed by atoms with Crippen LogP contribution in [0.1, 0.15) is 27.2 Å². The highest BCUT2D eigenvalue weighted by molar-refractivity contribution is 5.88. The first-order valence-electron chi connectivity index (χ1n) is 4.39. The van der Waals surface area contributed by atoms with Crippen LogP contribution >= 0.6 is 0 Å². The van der Waals surface area contributed by atoms with Crippen molar-refractivity contribution in [2.75, 3.05) is 13.2 Å². The maximum absolute atomic E-state index is 11.2. The van der Waals surface area contributed by atoms with Gasteiger partial charge in [-0.25, -0.2) is 4.79 Å². The van der Waals surface area contributed by atoms with E-state index < -0.39 is 5.97 Å². The highest BCUT2D eigenvalue weighted by atomic mass is 16.6. The van der Waals surface area contributed by atoms with Crippen LogP contribution in [0.2, 0.25) is 0 Å². The molecule has 4 nitrogen and oxygen atoms in total. The smallest absolute Gasteiger partial charge is 0.341 e. The van der Waals surface area contributed by atoms with Crippen molar-refractivity contribution in [2.24, 2.45) is 0 Å². The Kier molecular flexibility index (Phi) is 5.76. The van der Waals surface area contributed by atoms with Crippen LogP contribution in [0.3, 0.4) is 0 Å². The Morgan fingerprint density at radius 3 is 2.08 bits per heavy atom. The van der Waals surface area contributed by atoms with E-state index in [0.29, 0.717) is 19.6 Å². The van der Waals surface area contributed by atoms with E-state index in [1.807, 2.05) is 0 Å². The largest absolute Gasteiger partial charge is 0.481 e. The van der Waals surface area contributed by atoms with Gasteiger partial charge in [0.25, 0.3) is 5.95 Å². The molecule has 0 aromatic heterocycles. The van der Waals surface area contributed by atoms with Crippen LogP contribution in [0.5, 0.6) is 0 Å². The van der Waals surface area contributed by atoms with Gasteiger partial charge in [0.2, 0.25) is 0 Å². The van der Waals surface area contributed by atoms with Crippen molar-refractivity contribution < 1.29 is 19.4 Å². The Morgan fingerprint density at radius 2 is 1.69 bits per heavy atom. The third-order valence-electron chi connectivity index (χ3n) is 1.41. The number of carbonyl (C=O) groups is 1. The number of carbonyl (C=O) groups excluding carboxylic acids is 1. The molecule has 0 aliphatic rings. The molecule has 0 atom stereocenters. The monoisotopic (exact) mass is 188 g/mol. The van der Waals surface area contributed by atoms with Crippen molar-refractivity contribution in [1.82, 2.24) is 0 Å². The Morgan fingerprint density at radius 1 is 1.15 bits per heavy atom. The number of ether oxygens (including phenoxy) is 2. The lowest BCUT2D eigenvalue weighted by atomic mass is 10.2. The highest BCUT2D eigenvalue weighted by Crippen LogP contribution is 2.09. The summed E-state index contributed by atoms with van der Waals surface area (Å²) in [5, 5.41) is 9.26. The van der Waals surface area contributed by atoms with E-state index in [1.54, 1.807) is 20.8 Å². The van der Waals surface area contributed by atoms with E-state index in [9.17, 15) is 9.90 Å². The zero-order valence-corrected chi connectivity index (χ0v) is 8.29. The molecule has 0 aliphatic heterocycles. The standard InChI is InChI=1S/C9H16O4/c1-4-7(8(10)12-5-2)9(11)13-6-3/h10H,4-6H2,1-3H3. The third kappa shape index (κ3) is 3.83. The van der Waals surface area contributed by atoms with E-state index in [0.717, 1.165) is 0 Å². The van der Waals surface area contributed by atoms with Crippen LogP contribution in [-0.2, 0) is 14.3 Å². The minimum absolute atomic E-state index is 0.184. The molecule has 13 heavy (non-hydrogen) atoms. The van der Waals surface area contributed by atoms with Crippen LogP contribution in [0.15, 0.2) is 11.5 Å². The first kappa shape index (κ1) is 11.8. The summed E-state index contributed by atoms with van der Waals surface area (Å²) < 4.78 is 9.52. The molecule has 0 unspecified atom stereocenters. The van der Waals surface area contributed by atoms with Crippen LogP contribution in [0, 0.1) is 0 Å². The first-order chi connectivity index (χ1) is 6.17. The molecular weight excluding hydrogens is 172 g/mol. The van der Waals surface area contributed by atoms with Crippen LogP contribution in [-0.4, -0.2) is 24.3 Å². The number of rotatable bonds is 5. The summed E-state index contributed by atoms with van der Waals surface area (Å²) in [7, 11) is 0. The second-order valence-corrected chi connectivity index (χ2v) is 2.29. The lowest BCUT2D eigenvalue weighted by Crippen LogP contribution is -2.11. The van der Waals surface area contributed by atoms with Crippen LogP contribution in [0.4, 0.5) is 0 Å². The summed E-state index contributed by atoms with van der Waals surface area (Å²) in [4.78, 5) is 11.2. The number of hydrogen-bond acceptors (Lipinski definition) is 4. The van der Waals surface area contributed by atoms with Crippen molar-refractivity contribution >= 4 is 5.97 Å². The Bertz CT molecular complexity index is 196. The van der Waals surface area contributed by atoms with Crippen LogP contribution in [0.25, 0.3) is 0 Å². The molecule has 0 aliphatic carbocycles. The van der Waals surface area contributed by atoms with Gasteiger partial charge in [-0.2, -0.15) is 0 Å². The van der Waals surface area contributed by atoms with Gasteiger partial charge in [0.1, 0.15) is 5.57 Å². The zero-order chi connectivity index (χ0) is 10.3. The number of hydrogen-bond donors (Lipinski definition) is 1. The maximum atomic E-state index is 11.2. The fourth-order valence-electron chi connectivity index (χ4n) is 0.825. The molecule has 0 saturated carbocycles. The molecule has 0 rings (SSSR count). The van der Waals surface area contributed by atoms with E-state index in [4.69, 9.17) is 9.47 Å². The Balaban J connectivity index is 4.46. The average Bonchev–Trinajstić information content (AvgIpc) is 2.06. The van der Waals surface area contributed by atoms with Crippen LogP contribution < -0.4 is 0 Å². The van der Waals surface area contributed by atoms with Gasteiger partial charge in [0.15, 0.2) is 0 Å². The quantitative estimate of drug-likeness (QED) is 0.406. The van der Waals surface area contributed by atoms with Crippen molar-refractivity contribution in [3.05, 3.63) is 11.5 Å². The summed E-state index contributed by atoms with van der Waals surface area (Å²) in [6.07, 6.45) is 0.394. The average molecular weight is 188 g/mol. The zero-order valence-electron chi connectivity index (χ0n) is 8.29. The first-order valence-corrected chi connectivity index (χ1v) is 4.39. The molecule has 1 N–H and O–H groups in total. The fraction of sp³-hybridized carbons (Fsp3) is 0.667. The molecule has 0 aromatic rings. The summed E-state index contributed by atoms with van der Waals surface area (Å²) in [5.41, 5.74) is 0.184. The molecular formula is C9H16O4. The normalized spacial score (nSPS) is 11.9. The number of aliphatic hydroxyl groups excluding tert-OH is 1. The van der Waals surface area contributed by atoms with Gasteiger partial charge in [-0.3, -0.25) is 0 Å². The summed E-state index contributed by atoms with van der Waals surface area (Å²) in [6.45, 7) is 5.82.